The summed E-state index contributed by atoms with van der Waals surface area (Å²) in [6.45, 7) is 0. The highest BCUT2D eigenvalue weighted by molar-refractivity contribution is 6.22. The van der Waals surface area contributed by atoms with Crippen LogP contribution in [0.2, 0.25) is 0 Å². The quantitative estimate of drug-likeness (QED) is 0.830. The van der Waals surface area contributed by atoms with Gasteiger partial charge in [-0.15, -0.1) is 0 Å². The van der Waals surface area contributed by atoms with E-state index in [0.717, 1.165) is 12.8 Å². The Morgan fingerprint density at radius 1 is 1.31 bits per heavy atom. The van der Waals surface area contributed by atoms with Crippen LogP contribution in [0, 0.1) is 0 Å². The minimum Gasteiger partial charge on any atom is -0.490 e. The fraction of sp³-hybridized carbons (Fsp3) is 0.455. The van der Waals surface area contributed by atoms with E-state index in [1.807, 2.05) is 0 Å². The first kappa shape index (κ1) is 11.6. The van der Waals surface area contributed by atoms with Gasteiger partial charge in [0.1, 0.15) is 5.75 Å². The zero-order valence-corrected chi connectivity index (χ0v) is 9.12. The van der Waals surface area contributed by atoms with Crippen LogP contribution in [-0.4, -0.2) is 16.6 Å². The van der Waals surface area contributed by atoms with Gasteiger partial charge in [0.25, 0.3) is 0 Å². The molecule has 16 heavy (non-hydrogen) atoms. The summed E-state index contributed by atoms with van der Waals surface area (Å²) in [5.74, 6) is 0.622. The van der Waals surface area contributed by atoms with E-state index in [2.05, 4.69) is 0 Å². The number of rotatable bonds is 4. The van der Waals surface area contributed by atoms with Crippen LogP contribution in [0.15, 0.2) is 24.3 Å². The second-order valence-corrected chi connectivity index (χ2v) is 4.33. The van der Waals surface area contributed by atoms with Gasteiger partial charge in [-0.1, -0.05) is 12.1 Å². The van der Waals surface area contributed by atoms with Gasteiger partial charge in [0.15, 0.2) is 6.10 Å². The molecule has 0 amide bonds. The fourth-order valence-electron chi connectivity index (χ4n) is 1.30. The molecular weight excluding hydrogens is 238 g/mol. The molecule has 0 aromatic heterocycles. The van der Waals surface area contributed by atoms with Gasteiger partial charge in [-0.3, -0.25) is 0 Å². The van der Waals surface area contributed by atoms with Crippen molar-refractivity contribution in [3.63, 3.8) is 0 Å². The van der Waals surface area contributed by atoms with Gasteiger partial charge in [0, 0.05) is 0 Å². The lowest BCUT2D eigenvalue weighted by atomic mass is 10.1. The van der Waals surface area contributed by atoms with Crippen LogP contribution < -0.4 is 4.74 Å². The Morgan fingerprint density at radius 3 is 2.31 bits per heavy atom. The molecule has 1 atom stereocenters. The Hall–Kier alpha value is -0.870. The van der Waals surface area contributed by atoms with Gasteiger partial charge < -0.3 is 9.84 Å². The van der Waals surface area contributed by atoms with Crippen LogP contribution in [0.4, 0.5) is 8.78 Å². The third kappa shape index (κ3) is 2.83. The van der Waals surface area contributed by atoms with Crippen molar-refractivity contribution in [3.8, 4) is 5.75 Å². The molecule has 88 valence electrons. The molecule has 1 aliphatic carbocycles. The van der Waals surface area contributed by atoms with E-state index in [4.69, 9.17) is 16.3 Å². The molecule has 0 bridgehead atoms. The molecule has 1 aromatic carbocycles. The Balaban J connectivity index is 2.05. The van der Waals surface area contributed by atoms with Crippen molar-refractivity contribution in [1.29, 1.82) is 0 Å². The van der Waals surface area contributed by atoms with Crippen molar-refractivity contribution in [2.75, 3.05) is 0 Å². The predicted octanol–water partition coefficient (Wildman–Crippen LogP) is 3.09. The molecule has 0 aliphatic heterocycles. The van der Waals surface area contributed by atoms with E-state index in [9.17, 15) is 13.9 Å². The van der Waals surface area contributed by atoms with E-state index in [-0.39, 0.29) is 11.7 Å². The second-order valence-electron chi connectivity index (χ2n) is 3.83. The standard InChI is InChI=1S/C11H11ClF2O2/c12-11(13,14)10(15)7-1-3-8(4-2-7)16-9-5-6-9/h1-4,9-10,15H,5-6H2. The molecule has 1 saturated carbocycles. The van der Waals surface area contributed by atoms with Gasteiger partial charge >= 0.3 is 5.38 Å². The lowest BCUT2D eigenvalue weighted by Crippen LogP contribution is -2.18. The van der Waals surface area contributed by atoms with Crippen LogP contribution in [0.5, 0.6) is 5.75 Å². The molecule has 1 fully saturated rings. The SMILES string of the molecule is OC(c1ccc(OC2CC2)cc1)C(F)(F)Cl. The van der Waals surface area contributed by atoms with E-state index in [1.165, 1.54) is 12.1 Å². The number of benzene rings is 1. The zero-order chi connectivity index (χ0) is 11.8. The summed E-state index contributed by atoms with van der Waals surface area (Å²) < 4.78 is 30.7. The maximum atomic E-state index is 12.6. The van der Waals surface area contributed by atoms with Crippen molar-refractivity contribution >= 4 is 11.6 Å². The highest BCUT2D eigenvalue weighted by atomic mass is 35.5. The third-order valence-corrected chi connectivity index (χ3v) is 2.54. The average molecular weight is 249 g/mol. The molecule has 5 heteroatoms. The number of hydrogen-bond donors (Lipinski definition) is 1. The van der Waals surface area contributed by atoms with Crippen molar-refractivity contribution in [3.05, 3.63) is 29.8 Å². The third-order valence-electron chi connectivity index (χ3n) is 2.33. The number of aliphatic hydroxyl groups excluding tert-OH is 1. The first-order valence-corrected chi connectivity index (χ1v) is 5.36. The summed E-state index contributed by atoms with van der Waals surface area (Å²) >= 11 is 4.74. The Morgan fingerprint density at radius 2 is 1.88 bits per heavy atom. The molecule has 0 heterocycles. The molecule has 2 rings (SSSR count). The van der Waals surface area contributed by atoms with Crippen LogP contribution in [0.1, 0.15) is 24.5 Å². The summed E-state index contributed by atoms with van der Waals surface area (Å²) in [6.07, 6.45) is 0.322. The van der Waals surface area contributed by atoms with E-state index in [1.54, 1.807) is 12.1 Å². The summed E-state index contributed by atoms with van der Waals surface area (Å²) in [5, 5.41) is 5.57. The summed E-state index contributed by atoms with van der Waals surface area (Å²) in [5.41, 5.74) is 0.0724. The summed E-state index contributed by atoms with van der Waals surface area (Å²) in [7, 11) is 0. The predicted molar refractivity (Wildman–Crippen MR) is 55.9 cm³/mol. The summed E-state index contributed by atoms with van der Waals surface area (Å²) in [4.78, 5) is 0. The smallest absolute Gasteiger partial charge is 0.351 e. The largest absolute Gasteiger partial charge is 0.490 e. The maximum Gasteiger partial charge on any atom is 0.351 e. The van der Waals surface area contributed by atoms with Gasteiger partial charge in [-0.25, -0.2) is 0 Å². The molecular formula is C11H11ClF2O2. The van der Waals surface area contributed by atoms with Gasteiger partial charge in [-0.05, 0) is 42.1 Å². The Labute approximate surface area is 96.8 Å². The number of ether oxygens (including phenoxy) is 1. The second kappa shape index (κ2) is 4.18. The minimum absolute atomic E-state index is 0.0724. The van der Waals surface area contributed by atoms with E-state index < -0.39 is 11.5 Å². The lowest BCUT2D eigenvalue weighted by Gasteiger charge is -2.16. The summed E-state index contributed by atoms with van der Waals surface area (Å²) in [6, 6.07) is 5.89. The average Bonchev–Trinajstić information content (AvgIpc) is 3.00. The van der Waals surface area contributed by atoms with Crippen molar-refractivity contribution in [1.82, 2.24) is 0 Å². The van der Waals surface area contributed by atoms with E-state index >= 15 is 0 Å². The molecule has 1 N–H and O–H groups in total. The first-order valence-electron chi connectivity index (χ1n) is 4.98. The van der Waals surface area contributed by atoms with Crippen LogP contribution >= 0.6 is 11.6 Å². The van der Waals surface area contributed by atoms with Crippen LogP contribution in [0.25, 0.3) is 0 Å². The molecule has 1 aromatic rings. The fourth-order valence-corrected chi connectivity index (χ4v) is 1.42. The first-order chi connectivity index (χ1) is 7.47. The highest BCUT2D eigenvalue weighted by Gasteiger charge is 2.36. The maximum absolute atomic E-state index is 12.6. The lowest BCUT2D eigenvalue weighted by molar-refractivity contribution is -0.0424. The Bertz CT molecular complexity index is 357. The zero-order valence-electron chi connectivity index (χ0n) is 8.37. The van der Waals surface area contributed by atoms with Crippen molar-refractivity contribution in [2.45, 2.75) is 30.4 Å². The number of hydrogen-bond acceptors (Lipinski definition) is 2. The number of halogens is 3. The van der Waals surface area contributed by atoms with Crippen molar-refractivity contribution < 1.29 is 18.6 Å². The van der Waals surface area contributed by atoms with Gasteiger partial charge in [0.05, 0.1) is 6.10 Å². The Kier molecular flexibility index (Phi) is 3.04. The molecule has 0 spiro atoms. The number of alkyl halides is 3. The normalized spacial score (nSPS) is 18.2. The molecule has 1 unspecified atom stereocenters. The van der Waals surface area contributed by atoms with Crippen LogP contribution in [-0.2, 0) is 0 Å². The molecule has 1 aliphatic rings. The molecule has 0 saturated heterocycles. The van der Waals surface area contributed by atoms with Gasteiger partial charge in [0.2, 0.25) is 0 Å². The van der Waals surface area contributed by atoms with Gasteiger partial charge in [-0.2, -0.15) is 8.78 Å². The highest BCUT2D eigenvalue weighted by Crippen LogP contribution is 2.35. The van der Waals surface area contributed by atoms with Crippen LogP contribution in [0.3, 0.4) is 0 Å². The number of aliphatic hydroxyl groups is 1. The topological polar surface area (TPSA) is 29.5 Å². The minimum atomic E-state index is -3.65. The van der Waals surface area contributed by atoms with E-state index in [0.29, 0.717) is 5.75 Å². The molecule has 0 radical (unpaired) electrons. The molecule has 2 nitrogen and oxygen atoms in total. The van der Waals surface area contributed by atoms with Crippen molar-refractivity contribution in [2.24, 2.45) is 0 Å². The monoisotopic (exact) mass is 248 g/mol.